The van der Waals surface area contributed by atoms with E-state index in [1.54, 1.807) is 12.3 Å². The van der Waals surface area contributed by atoms with Crippen LogP contribution in [0.1, 0.15) is 19.1 Å². The van der Waals surface area contributed by atoms with E-state index in [1.807, 2.05) is 17.9 Å². The van der Waals surface area contributed by atoms with Gasteiger partial charge in [0.2, 0.25) is 17.7 Å². The highest BCUT2D eigenvalue weighted by molar-refractivity contribution is 6.03. The Balaban J connectivity index is 1.58. The quantitative estimate of drug-likeness (QED) is 0.525. The number of likely N-dealkylation sites (N-methyl/N-ethyl adjacent to an activating group) is 1. The van der Waals surface area contributed by atoms with E-state index >= 15 is 0 Å². The number of carbonyl (C=O) groups is 4. The molecule has 0 aromatic carbocycles. The Morgan fingerprint density at radius 2 is 2.19 bits per heavy atom. The molecule has 1 aromatic heterocycles. The third-order valence-corrected chi connectivity index (χ3v) is 4.56. The maximum absolute atomic E-state index is 12.4. The van der Waals surface area contributed by atoms with E-state index in [0.29, 0.717) is 26.1 Å². The molecule has 0 bridgehead atoms. The van der Waals surface area contributed by atoms with E-state index in [4.69, 9.17) is 4.42 Å². The summed E-state index contributed by atoms with van der Waals surface area (Å²) in [5.41, 5.74) is 0. The maximum Gasteiger partial charge on any atom is 0.325 e. The Morgan fingerprint density at radius 1 is 1.37 bits per heavy atom. The number of hydrogen-bond acceptors (Lipinski definition) is 6. The summed E-state index contributed by atoms with van der Waals surface area (Å²) in [6, 6.07) is 2.44. The van der Waals surface area contributed by atoms with Crippen molar-refractivity contribution in [2.75, 3.05) is 26.2 Å². The smallest absolute Gasteiger partial charge is 0.325 e. The van der Waals surface area contributed by atoms with Crippen LogP contribution in [-0.2, 0) is 20.9 Å². The molecule has 5 amide bonds. The van der Waals surface area contributed by atoms with E-state index in [9.17, 15) is 19.2 Å². The van der Waals surface area contributed by atoms with Gasteiger partial charge in [-0.25, -0.2) is 4.79 Å². The lowest BCUT2D eigenvalue weighted by molar-refractivity contribution is -0.126. The van der Waals surface area contributed by atoms with Crippen molar-refractivity contribution in [1.82, 2.24) is 25.8 Å². The summed E-state index contributed by atoms with van der Waals surface area (Å²) >= 11 is 0. The SMILES string of the molecule is CCNC(=O)[C@@H]1C[C@H](NC(=O)CN2CC(=O)NC2=O)CN1Cc1ccco1. The number of furan rings is 1. The first-order valence-electron chi connectivity index (χ1n) is 8.88. The van der Waals surface area contributed by atoms with Crippen LogP contribution >= 0.6 is 0 Å². The maximum atomic E-state index is 12.4. The molecule has 0 spiro atoms. The molecule has 2 saturated heterocycles. The zero-order valence-corrected chi connectivity index (χ0v) is 15.1. The molecule has 10 heteroatoms. The second kappa shape index (κ2) is 8.21. The van der Waals surface area contributed by atoms with Crippen LogP contribution in [0.2, 0.25) is 0 Å². The van der Waals surface area contributed by atoms with E-state index in [0.717, 1.165) is 10.7 Å². The summed E-state index contributed by atoms with van der Waals surface area (Å²) < 4.78 is 5.37. The lowest BCUT2D eigenvalue weighted by Crippen LogP contribution is -2.44. The fourth-order valence-electron chi connectivity index (χ4n) is 3.41. The molecule has 146 valence electrons. The minimum atomic E-state index is -0.568. The molecule has 2 aliphatic rings. The van der Waals surface area contributed by atoms with Gasteiger partial charge in [-0.2, -0.15) is 0 Å². The van der Waals surface area contributed by atoms with Crippen molar-refractivity contribution in [2.45, 2.75) is 32.0 Å². The van der Waals surface area contributed by atoms with E-state index < -0.39 is 11.9 Å². The second-order valence-corrected chi connectivity index (χ2v) is 6.63. The van der Waals surface area contributed by atoms with Gasteiger partial charge >= 0.3 is 6.03 Å². The predicted molar refractivity (Wildman–Crippen MR) is 93.2 cm³/mol. The number of likely N-dealkylation sites (tertiary alicyclic amines) is 1. The zero-order chi connectivity index (χ0) is 19.4. The van der Waals surface area contributed by atoms with E-state index in [2.05, 4.69) is 16.0 Å². The van der Waals surface area contributed by atoms with Gasteiger partial charge in [0.1, 0.15) is 18.8 Å². The van der Waals surface area contributed by atoms with Crippen molar-refractivity contribution in [2.24, 2.45) is 0 Å². The monoisotopic (exact) mass is 377 g/mol. The number of imide groups is 1. The minimum Gasteiger partial charge on any atom is -0.468 e. The van der Waals surface area contributed by atoms with Gasteiger partial charge in [0, 0.05) is 19.1 Å². The first kappa shape index (κ1) is 18.9. The first-order valence-corrected chi connectivity index (χ1v) is 8.88. The number of hydrogen-bond donors (Lipinski definition) is 3. The van der Waals surface area contributed by atoms with Gasteiger partial charge in [0.05, 0.1) is 18.8 Å². The molecular formula is C17H23N5O5. The van der Waals surface area contributed by atoms with E-state index in [-0.39, 0.29) is 37.0 Å². The third kappa shape index (κ3) is 4.64. The molecule has 0 unspecified atom stereocenters. The molecule has 3 N–H and O–H groups in total. The Hall–Kier alpha value is -2.88. The molecule has 27 heavy (non-hydrogen) atoms. The van der Waals surface area contributed by atoms with Crippen LogP contribution in [0.5, 0.6) is 0 Å². The Morgan fingerprint density at radius 3 is 2.81 bits per heavy atom. The summed E-state index contributed by atoms with van der Waals surface area (Å²) in [6.07, 6.45) is 2.04. The Kier molecular flexibility index (Phi) is 5.75. The summed E-state index contributed by atoms with van der Waals surface area (Å²) in [5, 5.41) is 7.80. The lowest BCUT2D eigenvalue weighted by Gasteiger charge is -2.22. The highest BCUT2D eigenvalue weighted by Crippen LogP contribution is 2.21. The number of nitrogens with one attached hydrogen (secondary N) is 3. The molecule has 10 nitrogen and oxygen atoms in total. The van der Waals surface area contributed by atoms with Gasteiger partial charge in [-0.3, -0.25) is 24.6 Å². The molecule has 3 rings (SSSR count). The zero-order valence-electron chi connectivity index (χ0n) is 15.1. The molecule has 0 saturated carbocycles. The number of urea groups is 1. The standard InChI is InChI=1S/C17H23N5O5/c1-2-18-16(25)13-6-11(7-21(13)8-12-4-3-5-27-12)19-14(23)9-22-10-15(24)20-17(22)26/h3-5,11,13H,2,6-10H2,1H3,(H,18,25)(H,19,23)(H,20,24,26)/t11-,13-/m0/s1. The van der Waals surface area contributed by atoms with E-state index in [1.165, 1.54) is 0 Å². The number of rotatable bonds is 7. The van der Waals surface area contributed by atoms with Gasteiger partial charge in [-0.1, -0.05) is 0 Å². The van der Waals surface area contributed by atoms with Gasteiger partial charge < -0.3 is 20.0 Å². The Bertz CT molecular complexity index is 719. The molecule has 2 atom stereocenters. The number of carbonyl (C=O) groups excluding carboxylic acids is 4. The summed E-state index contributed by atoms with van der Waals surface area (Å²) in [5.74, 6) is -0.136. The summed E-state index contributed by atoms with van der Waals surface area (Å²) in [4.78, 5) is 50.5. The third-order valence-electron chi connectivity index (χ3n) is 4.56. The van der Waals surface area contributed by atoms with Gasteiger partial charge in [-0.15, -0.1) is 0 Å². The van der Waals surface area contributed by atoms with Gasteiger partial charge in [0.15, 0.2) is 0 Å². The fourth-order valence-corrected chi connectivity index (χ4v) is 3.41. The average Bonchev–Trinajstić information content (AvgIpc) is 3.30. The fraction of sp³-hybridized carbons (Fsp3) is 0.529. The topological polar surface area (TPSA) is 124 Å². The van der Waals surface area contributed by atoms with Crippen LogP contribution < -0.4 is 16.0 Å². The normalized spacial score (nSPS) is 22.8. The molecule has 3 heterocycles. The molecule has 2 fully saturated rings. The molecule has 0 radical (unpaired) electrons. The Labute approximate surface area is 156 Å². The van der Waals surface area contributed by atoms with Crippen molar-refractivity contribution in [3.05, 3.63) is 24.2 Å². The second-order valence-electron chi connectivity index (χ2n) is 6.63. The van der Waals surface area contributed by atoms with Crippen molar-refractivity contribution in [3.63, 3.8) is 0 Å². The molecule has 2 aliphatic heterocycles. The minimum absolute atomic E-state index is 0.0923. The predicted octanol–water partition coefficient (Wildman–Crippen LogP) is -0.973. The molecule has 1 aromatic rings. The van der Waals surface area contributed by atoms with Crippen LogP contribution in [0.3, 0.4) is 0 Å². The highest BCUT2D eigenvalue weighted by Gasteiger charge is 2.38. The van der Waals surface area contributed by atoms with Crippen molar-refractivity contribution in [1.29, 1.82) is 0 Å². The van der Waals surface area contributed by atoms with Crippen LogP contribution in [0.25, 0.3) is 0 Å². The van der Waals surface area contributed by atoms with Gasteiger partial charge in [0.25, 0.3) is 0 Å². The van der Waals surface area contributed by atoms with Crippen molar-refractivity contribution in [3.8, 4) is 0 Å². The van der Waals surface area contributed by atoms with Crippen LogP contribution in [0.4, 0.5) is 4.79 Å². The van der Waals surface area contributed by atoms with Gasteiger partial charge in [-0.05, 0) is 25.5 Å². The van der Waals surface area contributed by atoms with Crippen LogP contribution in [0, 0.1) is 0 Å². The average molecular weight is 377 g/mol. The summed E-state index contributed by atoms with van der Waals surface area (Å²) in [6.45, 7) is 3.01. The number of amides is 5. The summed E-state index contributed by atoms with van der Waals surface area (Å²) in [7, 11) is 0. The lowest BCUT2D eigenvalue weighted by atomic mass is 10.1. The largest absolute Gasteiger partial charge is 0.468 e. The number of nitrogens with zero attached hydrogens (tertiary/aromatic N) is 2. The molecular weight excluding hydrogens is 354 g/mol. The first-order chi connectivity index (χ1) is 13.0. The van der Waals surface area contributed by atoms with Crippen LogP contribution in [0.15, 0.2) is 22.8 Å². The van der Waals surface area contributed by atoms with Crippen molar-refractivity contribution < 1.29 is 23.6 Å². The molecule has 0 aliphatic carbocycles. The van der Waals surface area contributed by atoms with Crippen LogP contribution in [-0.4, -0.2) is 71.8 Å². The highest BCUT2D eigenvalue weighted by atomic mass is 16.3. The van der Waals surface area contributed by atoms with Crippen molar-refractivity contribution >= 4 is 23.8 Å².